The first-order chi connectivity index (χ1) is 8.15. The quantitative estimate of drug-likeness (QED) is 0.823. The van der Waals surface area contributed by atoms with E-state index in [1.807, 2.05) is 13.8 Å². The molecule has 0 unspecified atom stereocenters. The predicted molar refractivity (Wildman–Crippen MR) is 64.7 cm³/mol. The number of nitrogens with one attached hydrogen (secondary N) is 1. The number of aldehydes is 1. The maximum absolute atomic E-state index is 10.8. The average molecular weight is 234 g/mol. The van der Waals surface area contributed by atoms with Crippen LogP contribution in [0.5, 0.6) is 5.88 Å². The number of carbonyl (C=O) groups is 1. The average Bonchev–Trinajstić information content (AvgIpc) is 2.65. The highest BCUT2D eigenvalue weighted by molar-refractivity contribution is 5.97. The van der Waals surface area contributed by atoms with Gasteiger partial charge in [0.05, 0.1) is 6.10 Å². The van der Waals surface area contributed by atoms with Gasteiger partial charge in [0.2, 0.25) is 5.88 Å². The van der Waals surface area contributed by atoms with Crippen molar-refractivity contribution < 1.29 is 13.9 Å². The molecule has 0 saturated heterocycles. The molecule has 0 aromatic carbocycles. The summed E-state index contributed by atoms with van der Waals surface area (Å²) >= 11 is 0. The van der Waals surface area contributed by atoms with Gasteiger partial charge in [0.25, 0.3) is 0 Å². The lowest BCUT2D eigenvalue weighted by molar-refractivity contribution is 0.110. The van der Waals surface area contributed by atoms with Gasteiger partial charge in [-0.25, -0.2) is 4.98 Å². The summed E-state index contributed by atoms with van der Waals surface area (Å²) in [7, 11) is 1.72. The Balaban J connectivity index is 2.54. The van der Waals surface area contributed by atoms with Crippen LogP contribution in [0.25, 0.3) is 11.1 Å². The third-order valence-corrected chi connectivity index (χ3v) is 2.25. The Hall–Kier alpha value is -2.04. The number of furan rings is 1. The molecule has 0 aliphatic heterocycles. The van der Waals surface area contributed by atoms with E-state index in [2.05, 4.69) is 10.3 Å². The zero-order valence-corrected chi connectivity index (χ0v) is 9.98. The van der Waals surface area contributed by atoms with Crippen molar-refractivity contribution in [2.24, 2.45) is 0 Å². The number of ether oxygens (including phenoxy) is 1. The van der Waals surface area contributed by atoms with E-state index in [1.54, 1.807) is 19.2 Å². The smallest absolute Gasteiger partial charge is 0.214 e. The van der Waals surface area contributed by atoms with Gasteiger partial charge in [-0.2, -0.15) is 0 Å². The third-order valence-electron chi connectivity index (χ3n) is 2.25. The third kappa shape index (κ3) is 2.08. The van der Waals surface area contributed by atoms with Gasteiger partial charge in [0, 0.05) is 13.1 Å². The number of rotatable bonds is 4. The molecule has 2 rings (SSSR count). The van der Waals surface area contributed by atoms with Gasteiger partial charge in [-0.1, -0.05) is 0 Å². The molecular weight excluding hydrogens is 220 g/mol. The minimum atomic E-state index is 0.0513. The van der Waals surface area contributed by atoms with Crippen LogP contribution in [0.4, 0.5) is 5.69 Å². The van der Waals surface area contributed by atoms with Gasteiger partial charge in [0.15, 0.2) is 17.6 Å². The molecule has 2 heterocycles. The first-order valence-corrected chi connectivity index (χ1v) is 5.39. The van der Waals surface area contributed by atoms with E-state index < -0.39 is 0 Å². The minimum Gasteiger partial charge on any atom is -0.475 e. The normalized spacial score (nSPS) is 10.8. The van der Waals surface area contributed by atoms with E-state index in [9.17, 15) is 4.79 Å². The number of anilines is 1. The molecule has 0 radical (unpaired) electrons. The van der Waals surface area contributed by atoms with Crippen molar-refractivity contribution in [3.63, 3.8) is 0 Å². The van der Waals surface area contributed by atoms with Crippen LogP contribution in [0.1, 0.15) is 24.4 Å². The van der Waals surface area contributed by atoms with Crippen LogP contribution in [0, 0.1) is 0 Å². The molecule has 2 aromatic rings. The van der Waals surface area contributed by atoms with Crippen molar-refractivity contribution in [3.8, 4) is 5.88 Å². The first kappa shape index (κ1) is 11.4. The predicted octanol–water partition coefficient (Wildman–Crippen LogP) is 2.47. The molecule has 0 saturated carbocycles. The summed E-state index contributed by atoms with van der Waals surface area (Å²) in [6.07, 6.45) is 0.715. The highest BCUT2D eigenvalue weighted by Gasteiger charge is 2.14. The van der Waals surface area contributed by atoms with Crippen molar-refractivity contribution in [3.05, 3.63) is 17.9 Å². The van der Waals surface area contributed by atoms with E-state index in [4.69, 9.17) is 9.15 Å². The molecule has 0 fully saturated rings. The Morgan fingerprint density at radius 1 is 1.47 bits per heavy atom. The minimum absolute atomic E-state index is 0.0513. The van der Waals surface area contributed by atoms with E-state index >= 15 is 0 Å². The number of hydrogen-bond acceptors (Lipinski definition) is 5. The summed E-state index contributed by atoms with van der Waals surface area (Å²) in [6.45, 7) is 3.86. The van der Waals surface area contributed by atoms with Crippen LogP contribution < -0.4 is 10.1 Å². The van der Waals surface area contributed by atoms with Gasteiger partial charge in [-0.05, 0) is 19.9 Å². The lowest BCUT2D eigenvalue weighted by atomic mass is 10.3. The lowest BCUT2D eigenvalue weighted by Gasteiger charge is -2.07. The molecule has 5 nitrogen and oxygen atoms in total. The molecule has 0 amide bonds. The second kappa shape index (κ2) is 4.45. The molecular formula is C12H14N2O3. The van der Waals surface area contributed by atoms with Crippen LogP contribution in [0.15, 0.2) is 16.5 Å². The fraction of sp³-hybridized carbons (Fsp3) is 0.333. The topological polar surface area (TPSA) is 64.4 Å². The van der Waals surface area contributed by atoms with E-state index in [0.717, 1.165) is 0 Å². The fourth-order valence-electron chi connectivity index (χ4n) is 1.61. The van der Waals surface area contributed by atoms with Gasteiger partial charge in [0.1, 0.15) is 11.2 Å². The number of pyridine rings is 1. The van der Waals surface area contributed by atoms with Gasteiger partial charge in [-0.15, -0.1) is 0 Å². The van der Waals surface area contributed by atoms with Crippen molar-refractivity contribution >= 4 is 23.1 Å². The molecule has 0 aliphatic carbocycles. The van der Waals surface area contributed by atoms with E-state index in [0.29, 0.717) is 29.0 Å². The first-order valence-electron chi connectivity index (χ1n) is 5.39. The Bertz CT molecular complexity index is 546. The van der Waals surface area contributed by atoms with E-state index in [-0.39, 0.29) is 11.9 Å². The van der Waals surface area contributed by atoms with Crippen molar-refractivity contribution in [1.82, 2.24) is 4.98 Å². The molecule has 1 N–H and O–H groups in total. The second-order valence-electron chi connectivity index (χ2n) is 3.87. The van der Waals surface area contributed by atoms with Crippen molar-refractivity contribution in [2.45, 2.75) is 20.0 Å². The Kier molecular flexibility index (Phi) is 2.99. The Morgan fingerprint density at radius 3 is 2.82 bits per heavy atom. The molecule has 5 heteroatoms. The van der Waals surface area contributed by atoms with Crippen molar-refractivity contribution in [1.29, 1.82) is 0 Å². The summed E-state index contributed by atoms with van der Waals surface area (Å²) < 4.78 is 10.8. The molecule has 2 aromatic heterocycles. The second-order valence-corrected chi connectivity index (χ2v) is 3.87. The number of hydrogen-bond donors (Lipinski definition) is 1. The number of fused-ring (bicyclic) bond motifs is 1. The van der Waals surface area contributed by atoms with Gasteiger partial charge < -0.3 is 14.5 Å². The van der Waals surface area contributed by atoms with Gasteiger partial charge >= 0.3 is 0 Å². The maximum atomic E-state index is 10.8. The van der Waals surface area contributed by atoms with E-state index in [1.165, 1.54) is 0 Å². The molecule has 0 aliphatic rings. The van der Waals surface area contributed by atoms with Crippen LogP contribution in [0.2, 0.25) is 0 Å². The zero-order chi connectivity index (χ0) is 12.4. The molecule has 90 valence electrons. The zero-order valence-electron chi connectivity index (χ0n) is 9.98. The molecule has 0 bridgehead atoms. The monoisotopic (exact) mass is 234 g/mol. The number of nitrogens with zero attached hydrogens (tertiary/aromatic N) is 1. The fourth-order valence-corrected chi connectivity index (χ4v) is 1.61. The number of aromatic nitrogens is 1. The SMILES string of the molecule is CNc1c(C=O)oc2ccc(OC(C)C)nc12. The highest BCUT2D eigenvalue weighted by atomic mass is 16.5. The van der Waals surface area contributed by atoms with Crippen LogP contribution >= 0.6 is 0 Å². The molecule has 17 heavy (non-hydrogen) atoms. The lowest BCUT2D eigenvalue weighted by Crippen LogP contribution is -2.06. The number of carbonyl (C=O) groups excluding carboxylic acids is 1. The van der Waals surface area contributed by atoms with Crippen LogP contribution in [-0.4, -0.2) is 24.4 Å². The Morgan fingerprint density at radius 2 is 2.24 bits per heavy atom. The van der Waals surface area contributed by atoms with Crippen LogP contribution in [0.3, 0.4) is 0 Å². The summed E-state index contributed by atoms with van der Waals surface area (Å²) in [5, 5.41) is 2.91. The standard InChI is InChI=1S/C12H14N2O3/c1-7(2)16-10-5-4-8-12(14-10)11(13-3)9(6-15)17-8/h4-7,13H,1-3H3. The van der Waals surface area contributed by atoms with Crippen molar-refractivity contribution in [2.75, 3.05) is 12.4 Å². The summed E-state index contributed by atoms with van der Waals surface area (Å²) in [5.74, 6) is 0.763. The molecule has 0 atom stereocenters. The van der Waals surface area contributed by atoms with Gasteiger partial charge in [-0.3, -0.25) is 4.79 Å². The van der Waals surface area contributed by atoms with Crippen LogP contribution in [-0.2, 0) is 0 Å². The molecule has 0 spiro atoms. The Labute approximate surface area is 98.8 Å². The highest BCUT2D eigenvalue weighted by Crippen LogP contribution is 2.29. The summed E-state index contributed by atoms with van der Waals surface area (Å²) in [4.78, 5) is 15.1. The largest absolute Gasteiger partial charge is 0.475 e. The summed E-state index contributed by atoms with van der Waals surface area (Å²) in [5.41, 5.74) is 1.75. The maximum Gasteiger partial charge on any atom is 0.214 e. The summed E-state index contributed by atoms with van der Waals surface area (Å²) in [6, 6.07) is 3.47.